The highest BCUT2D eigenvalue weighted by Gasteiger charge is 2.38. The predicted molar refractivity (Wildman–Crippen MR) is 74.3 cm³/mol. The summed E-state index contributed by atoms with van der Waals surface area (Å²) in [4.78, 5) is 26.6. The topological polar surface area (TPSA) is 50.5 Å². The van der Waals surface area contributed by atoms with Crippen LogP contribution in [0.3, 0.4) is 0 Å². The van der Waals surface area contributed by atoms with E-state index >= 15 is 0 Å². The second-order valence-electron chi connectivity index (χ2n) is 5.86. The summed E-state index contributed by atoms with van der Waals surface area (Å²) in [5, 5.41) is 0. The predicted octanol–water partition coefficient (Wildman–Crippen LogP) is 3.03. The van der Waals surface area contributed by atoms with Crippen molar-refractivity contribution in [3.05, 3.63) is 24.2 Å². The molecule has 1 amide bonds. The van der Waals surface area contributed by atoms with Crippen LogP contribution in [0.15, 0.2) is 22.8 Å². The molecule has 1 aromatic rings. The maximum Gasteiger partial charge on any atom is 0.289 e. The molecule has 1 saturated heterocycles. The Morgan fingerprint density at radius 3 is 2.80 bits per heavy atom. The van der Waals surface area contributed by atoms with Crippen LogP contribution >= 0.6 is 0 Å². The van der Waals surface area contributed by atoms with Crippen LogP contribution in [0.2, 0.25) is 0 Å². The summed E-state index contributed by atoms with van der Waals surface area (Å²) < 4.78 is 5.23. The molecule has 20 heavy (non-hydrogen) atoms. The second kappa shape index (κ2) is 5.81. The zero-order chi connectivity index (χ0) is 13.9. The van der Waals surface area contributed by atoms with E-state index in [0.29, 0.717) is 18.0 Å². The van der Waals surface area contributed by atoms with Gasteiger partial charge in [-0.15, -0.1) is 0 Å². The molecule has 1 aliphatic heterocycles. The molecule has 4 heteroatoms. The molecule has 108 valence electrons. The number of hydrogen-bond acceptors (Lipinski definition) is 3. The van der Waals surface area contributed by atoms with Crippen molar-refractivity contribution < 1.29 is 14.0 Å². The quantitative estimate of drug-likeness (QED) is 0.833. The van der Waals surface area contributed by atoms with E-state index in [1.807, 2.05) is 4.90 Å². The molecule has 4 nitrogen and oxygen atoms in total. The van der Waals surface area contributed by atoms with Gasteiger partial charge in [0.05, 0.1) is 6.26 Å². The van der Waals surface area contributed by atoms with Gasteiger partial charge in [0.2, 0.25) is 0 Å². The number of hydrogen-bond donors (Lipinski definition) is 0. The highest BCUT2D eigenvalue weighted by atomic mass is 16.3. The van der Waals surface area contributed by atoms with E-state index in [1.165, 1.54) is 6.26 Å². The monoisotopic (exact) mass is 275 g/mol. The molecule has 2 fully saturated rings. The summed E-state index contributed by atoms with van der Waals surface area (Å²) >= 11 is 0. The number of carbonyl (C=O) groups is 2. The summed E-state index contributed by atoms with van der Waals surface area (Å²) in [7, 11) is 0. The van der Waals surface area contributed by atoms with E-state index < -0.39 is 0 Å². The third-order valence-electron chi connectivity index (χ3n) is 4.61. The first-order valence-electron chi connectivity index (χ1n) is 7.64. The molecule has 2 heterocycles. The SMILES string of the molecule is O=C1CCCCC1C1CCCCN1C(=O)c1ccco1. The van der Waals surface area contributed by atoms with Crippen LogP contribution in [-0.2, 0) is 4.79 Å². The first-order chi connectivity index (χ1) is 9.77. The molecule has 0 aromatic carbocycles. The van der Waals surface area contributed by atoms with Crippen LogP contribution in [0.5, 0.6) is 0 Å². The van der Waals surface area contributed by atoms with Crippen molar-refractivity contribution in [2.75, 3.05) is 6.54 Å². The lowest BCUT2D eigenvalue weighted by Crippen LogP contribution is -2.50. The molecule has 2 atom stereocenters. The van der Waals surface area contributed by atoms with E-state index in [-0.39, 0.29) is 17.9 Å². The smallest absolute Gasteiger partial charge is 0.289 e. The minimum absolute atomic E-state index is 0.0444. The van der Waals surface area contributed by atoms with Gasteiger partial charge in [-0.05, 0) is 44.2 Å². The van der Waals surface area contributed by atoms with Gasteiger partial charge in [-0.3, -0.25) is 9.59 Å². The minimum Gasteiger partial charge on any atom is -0.459 e. The third kappa shape index (κ3) is 2.51. The molecule has 0 N–H and O–H groups in total. The summed E-state index contributed by atoms with van der Waals surface area (Å²) in [5.74, 6) is 0.724. The number of ketones is 1. The van der Waals surface area contributed by atoms with Crippen molar-refractivity contribution in [2.45, 2.75) is 51.0 Å². The lowest BCUT2D eigenvalue weighted by Gasteiger charge is -2.40. The van der Waals surface area contributed by atoms with Gasteiger partial charge in [-0.25, -0.2) is 0 Å². The number of piperidine rings is 1. The summed E-state index contributed by atoms with van der Waals surface area (Å²) in [6.07, 6.45) is 8.33. The molecule has 0 radical (unpaired) electrons. The first kappa shape index (κ1) is 13.4. The standard InChI is InChI=1S/C16H21NO3/c18-14-8-2-1-6-12(14)13-7-3-4-10-17(13)16(19)15-9-5-11-20-15/h5,9,11-13H,1-4,6-8,10H2. The summed E-state index contributed by atoms with van der Waals surface area (Å²) in [5.41, 5.74) is 0. The zero-order valence-electron chi connectivity index (χ0n) is 11.7. The average Bonchev–Trinajstić information content (AvgIpc) is 3.01. The van der Waals surface area contributed by atoms with Crippen LogP contribution in [0.4, 0.5) is 0 Å². The van der Waals surface area contributed by atoms with Crippen molar-refractivity contribution in [3.63, 3.8) is 0 Å². The maximum atomic E-state index is 12.5. The number of likely N-dealkylation sites (tertiary alicyclic amines) is 1. The number of Topliss-reactive ketones (excluding diaryl/α,β-unsaturated/α-hetero) is 1. The van der Waals surface area contributed by atoms with Gasteiger partial charge >= 0.3 is 0 Å². The van der Waals surface area contributed by atoms with Crippen molar-refractivity contribution in [2.24, 2.45) is 5.92 Å². The number of carbonyl (C=O) groups excluding carboxylic acids is 2. The number of furan rings is 1. The van der Waals surface area contributed by atoms with E-state index in [4.69, 9.17) is 4.42 Å². The molecule has 0 spiro atoms. The lowest BCUT2D eigenvalue weighted by molar-refractivity contribution is -0.127. The maximum absolute atomic E-state index is 12.5. The summed E-state index contributed by atoms with van der Waals surface area (Å²) in [6.45, 7) is 0.744. The highest BCUT2D eigenvalue weighted by molar-refractivity contribution is 5.92. The fourth-order valence-electron chi connectivity index (χ4n) is 3.59. The fourth-order valence-corrected chi connectivity index (χ4v) is 3.59. The molecular formula is C16H21NO3. The molecule has 3 rings (SSSR count). The number of nitrogens with zero attached hydrogens (tertiary/aromatic N) is 1. The Labute approximate surface area is 119 Å². The molecular weight excluding hydrogens is 254 g/mol. The molecule has 0 bridgehead atoms. The van der Waals surface area contributed by atoms with Gasteiger partial charge < -0.3 is 9.32 Å². The minimum atomic E-state index is -0.0573. The van der Waals surface area contributed by atoms with Gasteiger partial charge in [0.25, 0.3) is 5.91 Å². The van der Waals surface area contributed by atoms with Gasteiger partial charge in [-0.1, -0.05) is 6.42 Å². The van der Waals surface area contributed by atoms with Crippen LogP contribution in [0.1, 0.15) is 55.5 Å². The van der Waals surface area contributed by atoms with Gasteiger partial charge in [-0.2, -0.15) is 0 Å². The molecule has 1 aliphatic carbocycles. The van der Waals surface area contributed by atoms with Gasteiger partial charge in [0, 0.05) is 24.9 Å². The normalized spacial score (nSPS) is 27.6. The van der Waals surface area contributed by atoms with Crippen molar-refractivity contribution in [3.8, 4) is 0 Å². The number of amides is 1. The Balaban J connectivity index is 1.80. The van der Waals surface area contributed by atoms with Crippen LogP contribution < -0.4 is 0 Å². The Morgan fingerprint density at radius 1 is 1.20 bits per heavy atom. The highest BCUT2D eigenvalue weighted by Crippen LogP contribution is 2.32. The molecule has 1 aromatic heterocycles. The first-order valence-corrected chi connectivity index (χ1v) is 7.64. The molecule has 1 saturated carbocycles. The van der Waals surface area contributed by atoms with Crippen molar-refractivity contribution in [1.29, 1.82) is 0 Å². The summed E-state index contributed by atoms with van der Waals surface area (Å²) in [6, 6.07) is 3.52. The number of rotatable bonds is 2. The van der Waals surface area contributed by atoms with Crippen molar-refractivity contribution >= 4 is 11.7 Å². The lowest BCUT2D eigenvalue weighted by atomic mass is 9.79. The van der Waals surface area contributed by atoms with Crippen LogP contribution in [-0.4, -0.2) is 29.2 Å². The molecule has 2 aliphatic rings. The second-order valence-corrected chi connectivity index (χ2v) is 5.86. The Hall–Kier alpha value is -1.58. The fraction of sp³-hybridized carbons (Fsp3) is 0.625. The van der Waals surface area contributed by atoms with Crippen molar-refractivity contribution in [1.82, 2.24) is 4.90 Å². The Bertz CT molecular complexity index is 480. The van der Waals surface area contributed by atoms with E-state index in [1.54, 1.807) is 12.1 Å². The van der Waals surface area contributed by atoms with E-state index in [2.05, 4.69) is 0 Å². The van der Waals surface area contributed by atoms with Gasteiger partial charge in [0.15, 0.2) is 5.76 Å². The van der Waals surface area contributed by atoms with E-state index in [9.17, 15) is 9.59 Å². The molecule has 2 unspecified atom stereocenters. The largest absolute Gasteiger partial charge is 0.459 e. The van der Waals surface area contributed by atoms with Gasteiger partial charge in [0.1, 0.15) is 5.78 Å². The Morgan fingerprint density at radius 2 is 2.05 bits per heavy atom. The zero-order valence-corrected chi connectivity index (χ0v) is 11.7. The van der Waals surface area contributed by atoms with Crippen LogP contribution in [0.25, 0.3) is 0 Å². The Kier molecular flexibility index (Phi) is 3.90. The third-order valence-corrected chi connectivity index (χ3v) is 4.61. The van der Waals surface area contributed by atoms with Crippen LogP contribution in [0, 0.1) is 5.92 Å². The van der Waals surface area contributed by atoms with E-state index in [0.717, 1.165) is 45.1 Å². The average molecular weight is 275 g/mol.